The zero-order valence-electron chi connectivity index (χ0n) is 8.43. The van der Waals surface area contributed by atoms with Gasteiger partial charge in [-0.05, 0) is 24.3 Å². The Kier molecular flexibility index (Phi) is 12.1. The van der Waals surface area contributed by atoms with Crippen LogP contribution in [0.4, 0.5) is 5.69 Å². The van der Waals surface area contributed by atoms with E-state index >= 15 is 0 Å². The fraction of sp³-hybridized carbons (Fsp3) is 0.222. The van der Waals surface area contributed by atoms with Crippen LogP contribution in [0.2, 0.25) is 5.02 Å². The minimum atomic E-state index is 0. The molecule has 0 bridgehead atoms. The third-order valence-electron chi connectivity index (χ3n) is 1.43. The van der Waals surface area contributed by atoms with Gasteiger partial charge in [-0.3, -0.25) is 0 Å². The first-order valence-corrected chi connectivity index (χ1v) is 5.51. The third-order valence-corrected chi connectivity index (χ3v) is 2.51. The second-order valence-corrected chi connectivity index (χ2v) is 4.12. The van der Waals surface area contributed by atoms with E-state index in [4.69, 9.17) is 23.1 Å². The largest absolute Gasteiger partial charge is 0.378 e. The summed E-state index contributed by atoms with van der Waals surface area (Å²) in [6, 6.07) is 7.19. The number of nitrogens with two attached hydrogens (primary N) is 2. The molecule has 0 saturated carbocycles. The summed E-state index contributed by atoms with van der Waals surface area (Å²) >= 11 is 7.18. The summed E-state index contributed by atoms with van der Waals surface area (Å²) in [6.07, 6.45) is 0. The number of halogens is 3. The molecule has 1 rings (SSSR count). The molecule has 92 valence electrons. The highest BCUT2D eigenvalue weighted by Gasteiger charge is 1.94. The lowest BCUT2D eigenvalue weighted by Crippen LogP contribution is -2.10. The van der Waals surface area contributed by atoms with Crippen molar-refractivity contribution in [3.8, 4) is 0 Å². The first-order valence-electron chi connectivity index (χ1n) is 4.15. The molecule has 0 aliphatic carbocycles. The highest BCUT2D eigenvalue weighted by Crippen LogP contribution is 2.17. The van der Waals surface area contributed by atoms with Crippen molar-refractivity contribution in [2.45, 2.75) is 0 Å². The second kappa shape index (κ2) is 10.4. The highest BCUT2D eigenvalue weighted by molar-refractivity contribution is 8.93. The average molecular weight is 392 g/mol. The normalized spacial score (nSPS) is 10.2. The van der Waals surface area contributed by atoms with Crippen molar-refractivity contribution >= 4 is 68.2 Å². The monoisotopic (exact) mass is 389 g/mol. The maximum absolute atomic E-state index is 5.73. The molecule has 1 aromatic carbocycles. The fourth-order valence-electron chi connectivity index (χ4n) is 0.839. The molecule has 7 heteroatoms. The molecule has 0 aliphatic heterocycles. The Morgan fingerprint density at radius 1 is 1.25 bits per heavy atom. The predicted octanol–water partition coefficient (Wildman–Crippen LogP) is 3.13. The molecule has 0 unspecified atom stereocenters. The summed E-state index contributed by atoms with van der Waals surface area (Å²) in [5.41, 5.74) is 11.8. The minimum Gasteiger partial charge on any atom is -0.378 e. The number of nitrogens with zero attached hydrogens (tertiary/aromatic N) is 1. The van der Waals surface area contributed by atoms with Gasteiger partial charge in [-0.1, -0.05) is 23.4 Å². The summed E-state index contributed by atoms with van der Waals surface area (Å²) in [4.78, 5) is 4.18. The molecular weight excluding hydrogens is 377 g/mol. The fourth-order valence-corrected chi connectivity index (χ4v) is 1.46. The Hall–Kier alpha value is 0.250. The van der Waals surface area contributed by atoms with Crippen LogP contribution in [0.25, 0.3) is 0 Å². The molecule has 4 N–H and O–H groups in total. The number of hydrogen-bond acceptors (Lipinski definition) is 3. The van der Waals surface area contributed by atoms with Crippen LogP contribution in [-0.4, -0.2) is 17.5 Å². The number of hydrogen-bond donors (Lipinski definition) is 2. The second-order valence-electron chi connectivity index (χ2n) is 2.56. The molecule has 3 nitrogen and oxygen atoms in total. The van der Waals surface area contributed by atoms with Gasteiger partial charge in [0.05, 0.1) is 5.69 Å². The number of benzene rings is 1. The summed E-state index contributed by atoms with van der Waals surface area (Å²) < 4.78 is 0. The molecule has 0 aromatic heterocycles. The van der Waals surface area contributed by atoms with E-state index < -0.39 is 0 Å². The highest BCUT2D eigenvalue weighted by atomic mass is 79.9. The van der Waals surface area contributed by atoms with Crippen molar-refractivity contribution in [1.82, 2.24) is 0 Å². The molecule has 0 amide bonds. The van der Waals surface area contributed by atoms with E-state index in [1.807, 2.05) is 12.1 Å². The van der Waals surface area contributed by atoms with Gasteiger partial charge >= 0.3 is 0 Å². The number of rotatable bonds is 3. The van der Waals surface area contributed by atoms with E-state index in [0.717, 1.165) is 11.4 Å². The summed E-state index contributed by atoms with van der Waals surface area (Å²) in [6.45, 7) is 0.599. The topological polar surface area (TPSA) is 64.4 Å². The first kappa shape index (κ1) is 18.6. The van der Waals surface area contributed by atoms with E-state index in [9.17, 15) is 0 Å². The molecule has 0 radical (unpaired) electrons. The molecule has 1 aromatic rings. The number of aliphatic imine (C=N–C) groups is 1. The van der Waals surface area contributed by atoms with Crippen LogP contribution in [-0.2, 0) is 0 Å². The zero-order valence-corrected chi connectivity index (χ0v) is 13.4. The van der Waals surface area contributed by atoms with Gasteiger partial charge in [-0.15, -0.1) is 34.0 Å². The lowest BCUT2D eigenvalue weighted by atomic mass is 10.3. The lowest BCUT2D eigenvalue weighted by molar-refractivity contribution is 1.15. The van der Waals surface area contributed by atoms with Gasteiger partial charge < -0.3 is 11.5 Å². The van der Waals surface area contributed by atoms with Crippen LogP contribution < -0.4 is 11.5 Å². The molecule has 0 aliphatic rings. The van der Waals surface area contributed by atoms with Gasteiger partial charge in [0.1, 0.15) is 0 Å². The van der Waals surface area contributed by atoms with Gasteiger partial charge in [0.2, 0.25) is 0 Å². The van der Waals surface area contributed by atoms with E-state index in [1.165, 1.54) is 11.8 Å². The maximum atomic E-state index is 5.73. The van der Waals surface area contributed by atoms with Crippen LogP contribution in [0, 0.1) is 0 Å². The van der Waals surface area contributed by atoms with E-state index in [2.05, 4.69) is 4.99 Å². The van der Waals surface area contributed by atoms with Crippen LogP contribution in [0.3, 0.4) is 0 Å². The van der Waals surface area contributed by atoms with Crippen molar-refractivity contribution in [2.75, 3.05) is 12.3 Å². The predicted molar refractivity (Wildman–Crippen MR) is 84.9 cm³/mol. The van der Waals surface area contributed by atoms with Crippen LogP contribution in [0.1, 0.15) is 0 Å². The standard InChI is InChI=1S/C9H12ClN3S.2BrH/c10-7-1-3-8(4-2-7)13-9(12)14-6-5-11;;/h1-4H,5-6,11H2,(H2,12,13);2*1H. The minimum absolute atomic E-state index is 0. The molecule has 0 atom stereocenters. The molecule has 16 heavy (non-hydrogen) atoms. The van der Waals surface area contributed by atoms with E-state index in [0.29, 0.717) is 16.7 Å². The Balaban J connectivity index is 0. The van der Waals surface area contributed by atoms with Crippen molar-refractivity contribution in [1.29, 1.82) is 0 Å². The summed E-state index contributed by atoms with van der Waals surface area (Å²) in [5, 5.41) is 1.22. The molecule has 0 heterocycles. The van der Waals surface area contributed by atoms with Crippen molar-refractivity contribution in [2.24, 2.45) is 16.5 Å². The van der Waals surface area contributed by atoms with Gasteiger partial charge in [0, 0.05) is 17.3 Å². The van der Waals surface area contributed by atoms with Gasteiger partial charge in [0.15, 0.2) is 5.17 Å². The van der Waals surface area contributed by atoms with Crippen molar-refractivity contribution < 1.29 is 0 Å². The van der Waals surface area contributed by atoms with Gasteiger partial charge in [0.25, 0.3) is 0 Å². The number of amidine groups is 1. The van der Waals surface area contributed by atoms with E-state index in [-0.39, 0.29) is 34.0 Å². The Morgan fingerprint density at radius 3 is 2.31 bits per heavy atom. The molecule has 0 saturated heterocycles. The third kappa shape index (κ3) is 7.51. The van der Waals surface area contributed by atoms with Gasteiger partial charge in [-0.25, -0.2) is 4.99 Å². The molecule has 0 spiro atoms. The SMILES string of the molecule is Br.Br.NCCSC(N)=Nc1ccc(Cl)cc1. The van der Waals surface area contributed by atoms with Gasteiger partial charge in [-0.2, -0.15) is 0 Å². The lowest BCUT2D eigenvalue weighted by Gasteiger charge is -1.98. The average Bonchev–Trinajstić information content (AvgIpc) is 2.18. The Morgan fingerprint density at radius 2 is 1.81 bits per heavy atom. The van der Waals surface area contributed by atoms with Crippen molar-refractivity contribution in [3.05, 3.63) is 29.3 Å². The quantitative estimate of drug-likeness (QED) is 0.615. The summed E-state index contributed by atoms with van der Waals surface area (Å²) in [7, 11) is 0. The zero-order chi connectivity index (χ0) is 10.4. The first-order chi connectivity index (χ1) is 6.72. The number of thioether (sulfide) groups is 1. The Labute approximate surface area is 126 Å². The molecular formula is C9H14Br2ClN3S. The smallest absolute Gasteiger partial charge is 0.159 e. The van der Waals surface area contributed by atoms with Crippen LogP contribution in [0.5, 0.6) is 0 Å². The maximum Gasteiger partial charge on any atom is 0.159 e. The Bertz CT molecular complexity index is 319. The summed E-state index contributed by atoms with van der Waals surface area (Å²) in [5.74, 6) is 0.781. The van der Waals surface area contributed by atoms with Crippen LogP contribution >= 0.6 is 57.3 Å². The van der Waals surface area contributed by atoms with Crippen molar-refractivity contribution in [3.63, 3.8) is 0 Å². The van der Waals surface area contributed by atoms with E-state index in [1.54, 1.807) is 12.1 Å². The van der Waals surface area contributed by atoms with Crippen LogP contribution in [0.15, 0.2) is 29.3 Å². The molecule has 0 fully saturated rings.